The number of aryl methyl sites for hydroxylation is 1. The molecule has 1 aromatic carbocycles. The van der Waals surface area contributed by atoms with Crippen LogP contribution in [0, 0.1) is 0 Å². The first-order chi connectivity index (χ1) is 7.63. The molecule has 1 rings (SSSR count). The number of hydrogen-bond donors (Lipinski definition) is 2. The number of hydrogen-bond acceptors (Lipinski definition) is 2. The van der Waals surface area contributed by atoms with E-state index in [0.717, 1.165) is 19.3 Å². The summed E-state index contributed by atoms with van der Waals surface area (Å²) in [6.45, 7) is 4.35. The van der Waals surface area contributed by atoms with Gasteiger partial charge in [0, 0.05) is 0 Å². The van der Waals surface area contributed by atoms with Gasteiger partial charge in [0.25, 0.3) is 0 Å². The number of aliphatic hydroxyl groups excluding tert-OH is 1. The molecule has 0 heterocycles. The Hall–Kier alpha value is -0.860. The van der Waals surface area contributed by atoms with Gasteiger partial charge >= 0.3 is 0 Å². The highest BCUT2D eigenvalue weighted by Gasteiger charge is 2.07. The first-order valence-corrected chi connectivity index (χ1v) is 6.08. The van der Waals surface area contributed by atoms with Gasteiger partial charge in [-0.2, -0.15) is 0 Å². The molecule has 0 saturated heterocycles. The van der Waals surface area contributed by atoms with E-state index in [1.54, 1.807) is 0 Å². The summed E-state index contributed by atoms with van der Waals surface area (Å²) < 4.78 is 0. The molecule has 0 aromatic heterocycles. The van der Waals surface area contributed by atoms with Gasteiger partial charge in [-0.15, -0.1) is 0 Å². The number of benzene rings is 1. The molecule has 0 aliphatic heterocycles. The van der Waals surface area contributed by atoms with Crippen LogP contribution in [0.4, 0.5) is 0 Å². The van der Waals surface area contributed by atoms with Gasteiger partial charge in [0.1, 0.15) is 0 Å². The maximum absolute atomic E-state index is 8.77. The minimum atomic E-state index is -1.16. The van der Waals surface area contributed by atoms with E-state index >= 15 is 0 Å². The van der Waals surface area contributed by atoms with Crippen molar-refractivity contribution < 1.29 is 10.2 Å². The molecule has 0 saturated carbocycles. The summed E-state index contributed by atoms with van der Waals surface area (Å²) in [5.74, 6) is 0.491. The fraction of sp³-hybridized carbons (Fsp3) is 0.571. The van der Waals surface area contributed by atoms with Crippen LogP contribution in [-0.2, 0) is 6.42 Å². The smallest absolute Gasteiger partial charge is 0.151 e. The Morgan fingerprint density at radius 2 is 1.94 bits per heavy atom. The molecule has 0 aliphatic rings. The second kappa shape index (κ2) is 6.66. The van der Waals surface area contributed by atoms with E-state index in [9.17, 15) is 0 Å². The van der Waals surface area contributed by atoms with Crippen LogP contribution in [0.15, 0.2) is 24.3 Å². The van der Waals surface area contributed by atoms with Crippen LogP contribution in [0.25, 0.3) is 0 Å². The monoisotopic (exact) mass is 222 g/mol. The van der Waals surface area contributed by atoms with E-state index in [0.29, 0.717) is 12.3 Å². The topological polar surface area (TPSA) is 40.5 Å². The Bertz CT molecular complexity index is 307. The summed E-state index contributed by atoms with van der Waals surface area (Å²) in [4.78, 5) is 0. The van der Waals surface area contributed by atoms with Crippen LogP contribution < -0.4 is 0 Å². The van der Waals surface area contributed by atoms with Crippen LogP contribution in [0.1, 0.15) is 50.2 Å². The summed E-state index contributed by atoms with van der Waals surface area (Å²) >= 11 is 0. The van der Waals surface area contributed by atoms with Crippen molar-refractivity contribution in [3.63, 3.8) is 0 Å². The van der Waals surface area contributed by atoms with Crippen molar-refractivity contribution in [1.82, 2.24) is 0 Å². The summed E-state index contributed by atoms with van der Waals surface area (Å²) in [6, 6.07) is 8.65. The lowest BCUT2D eigenvalue weighted by Crippen LogP contribution is -2.04. The first-order valence-electron chi connectivity index (χ1n) is 6.08. The molecule has 0 aliphatic carbocycles. The largest absolute Gasteiger partial charge is 0.368 e. The molecule has 2 nitrogen and oxygen atoms in total. The average Bonchev–Trinajstić information content (AvgIpc) is 2.28. The van der Waals surface area contributed by atoms with Gasteiger partial charge in [-0.1, -0.05) is 38.1 Å². The maximum Gasteiger partial charge on any atom is 0.151 e. The Labute approximate surface area is 97.9 Å². The molecule has 0 bridgehead atoms. The zero-order chi connectivity index (χ0) is 12.0. The van der Waals surface area contributed by atoms with Crippen LogP contribution in [0.3, 0.4) is 0 Å². The minimum Gasteiger partial charge on any atom is -0.368 e. The maximum atomic E-state index is 8.77. The molecule has 2 heteroatoms. The van der Waals surface area contributed by atoms with Crippen molar-refractivity contribution >= 4 is 0 Å². The van der Waals surface area contributed by atoms with E-state index in [2.05, 4.69) is 38.1 Å². The summed E-state index contributed by atoms with van der Waals surface area (Å²) in [6.07, 6.45) is 2.24. The van der Waals surface area contributed by atoms with E-state index in [-0.39, 0.29) is 0 Å². The predicted octanol–water partition coefficient (Wildman–Crippen LogP) is 2.83. The molecule has 90 valence electrons. The van der Waals surface area contributed by atoms with E-state index in [1.807, 2.05) is 0 Å². The summed E-state index contributed by atoms with van der Waals surface area (Å²) in [5.41, 5.74) is 2.72. The molecule has 1 unspecified atom stereocenters. The van der Waals surface area contributed by atoms with Gasteiger partial charge < -0.3 is 10.2 Å². The number of aliphatic hydroxyl groups is 2. The van der Waals surface area contributed by atoms with Gasteiger partial charge in [0.2, 0.25) is 0 Å². The van der Waals surface area contributed by atoms with E-state index in [4.69, 9.17) is 10.2 Å². The highest BCUT2D eigenvalue weighted by atomic mass is 16.5. The Morgan fingerprint density at radius 3 is 2.56 bits per heavy atom. The molecule has 16 heavy (non-hydrogen) atoms. The molecular weight excluding hydrogens is 200 g/mol. The molecule has 0 amide bonds. The van der Waals surface area contributed by atoms with Gasteiger partial charge in [0.15, 0.2) is 6.29 Å². The lowest BCUT2D eigenvalue weighted by atomic mass is 9.93. The third-order valence-corrected chi connectivity index (χ3v) is 3.03. The second-order valence-electron chi connectivity index (χ2n) is 4.41. The molecule has 1 aromatic rings. The van der Waals surface area contributed by atoms with Gasteiger partial charge in [-0.3, -0.25) is 0 Å². The highest BCUT2D eigenvalue weighted by molar-refractivity contribution is 5.25. The van der Waals surface area contributed by atoms with E-state index < -0.39 is 6.29 Å². The first kappa shape index (κ1) is 13.2. The molecule has 0 fully saturated rings. The fourth-order valence-corrected chi connectivity index (χ4v) is 1.89. The quantitative estimate of drug-likeness (QED) is 0.727. The van der Waals surface area contributed by atoms with Crippen molar-refractivity contribution in [2.75, 3.05) is 0 Å². The van der Waals surface area contributed by atoms with Crippen LogP contribution in [0.2, 0.25) is 0 Å². The average molecular weight is 222 g/mol. The van der Waals surface area contributed by atoms with Crippen molar-refractivity contribution in [1.29, 1.82) is 0 Å². The minimum absolute atomic E-state index is 0.470. The van der Waals surface area contributed by atoms with Gasteiger partial charge in [-0.05, 0) is 42.7 Å². The van der Waals surface area contributed by atoms with Crippen LogP contribution >= 0.6 is 0 Å². The molecule has 0 radical (unpaired) electrons. The summed E-state index contributed by atoms with van der Waals surface area (Å²) in [5, 5.41) is 17.5. The van der Waals surface area contributed by atoms with Crippen LogP contribution in [-0.4, -0.2) is 16.5 Å². The van der Waals surface area contributed by atoms with Crippen molar-refractivity contribution in [3.05, 3.63) is 35.4 Å². The Balaban J connectivity index is 2.48. The molecule has 2 N–H and O–H groups in total. The zero-order valence-corrected chi connectivity index (χ0v) is 10.2. The number of rotatable bonds is 6. The zero-order valence-electron chi connectivity index (χ0n) is 10.2. The highest BCUT2D eigenvalue weighted by Crippen LogP contribution is 2.22. The molecular formula is C14H22O2. The third-order valence-electron chi connectivity index (χ3n) is 3.03. The predicted molar refractivity (Wildman–Crippen MR) is 66.3 cm³/mol. The normalized spacial score (nSPS) is 13.1. The summed E-state index contributed by atoms with van der Waals surface area (Å²) in [7, 11) is 0. The van der Waals surface area contributed by atoms with E-state index in [1.165, 1.54) is 11.1 Å². The molecule has 1 atom stereocenters. The standard InChI is InChI=1S/C14H22O2/c1-3-12-7-5-8-13(10-12)11(2)6-4-9-14(15)16/h5,7-8,10-11,14-16H,3-4,6,9H2,1-2H3. The third kappa shape index (κ3) is 4.33. The SMILES string of the molecule is CCc1cccc(C(C)CCCC(O)O)c1. The molecule has 0 spiro atoms. The second-order valence-corrected chi connectivity index (χ2v) is 4.41. The van der Waals surface area contributed by atoms with Crippen molar-refractivity contribution in [3.8, 4) is 0 Å². The van der Waals surface area contributed by atoms with Crippen LogP contribution in [0.5, 0.6) is 0 Å². The lowest BCUT2D eigenvalue weighted by Gasteiger charge is -2.13. The Kier molecular flexibility index (Phi) is 5.50. The van der Waals surface area contributed by atoms with Crippen molar-refractivity contribution in [2.24, 2.45) is 0 Å². The lowest BCUT2D eigenvalue weighted by molar-refractivity contribution is -0.0467. The van der Waals surface area contributed by atoms with Crippen molar-refractivity contribution in [2.45, 2.75) is 51.7 Å². The fourth-order valence-electron chi connectivity index (χ4n) is 1.89. The van der Waals surface area contributed by atoms with Gasteiger partial charge in [0.05, 0.1) is 0 Å². The van der Waals surface area contributed by atoms with Gasteiger partial charge in [-0.25, -0.2) is 0 Å². The Morgan fingerprint density at radius 1 is 1.19 bits per heavy atom.